The molecule has 18 heavy (non-hydrogen) atoms. The Hall–Kier alpha value is -2.30. The fourth-order valence-corrected chi connectivity index (χ4v) is 1.60. The van der Waals surface area contributed by atoms with E-state index in [4.69, 9.17) is 5.11 Å². The Morgan fingerprint density at radius 1 is 1.33 bits per heavy atom. The molecule has 1 aromatic heterocycles. The third-order valence-electron chi connectivity index (χ3n) is 2.54. The van der Waals surface area contributed by atoms with Crippen LogP contribution in [0.3, 0.4) is 0 Å². The molecule has 0 saturated carbocycles. The van der Waals surface area contributed by atoms with Gasteiger partial charge in [-0.2, -0.15) is 0 Å². The van der Waals surface area contributed by atoms with Gasteiger partial charge in [-0.25, -0.2) is 19.2 Å². The predicted molar refractivity (Wildman–Crippen MR) is 63.8 cm³/mol. The first-order valence-corrected chi connectivity index (χ1v) is 5.47. The molecule has 0 unspecified atom stereocenters. The highest BCUT2D eigenvalue weighted by atomic mass is 19.1. The second-order valence-electron chi connectivity index (χ2n) is 3.72. The van der Waals surface area contributed by atoms with Crippen LogP contribution in [-0.2, 0) is 6.42 Å². The molecule has 0 saturated heterocycles. The van der Waals surface area contributed by atoms with Crippen molar-refractivity contribution in [3.05, 3.63) is 47.5 Å². The number of nitrogens with zero attached hydrogens (tertiary/aromatic N) is 2. The SMILES string of the molecule is CCc1nc(-c2ccc(F)cc2)ncc1C(=O)O. The molecule has 0 aliphatic heterocycles. The van der Waals surface area contributed by atoms with Crippen molar-refractivity contribution >= 4 is 5.97 Å². The van der Waals surface area contributed by atoms with Crippen molar-refractivity contribution < 1.29 is 14.3 Å². The van der Waals surface area contributed by atoms with Gasteiger partial charge in [0.1, 0.15) is 5.82 Å². The molecule has 1 N–H and O–H groups in total. The summed E-state index contributed by atoms with van der Waals surface area (Å²) in [7, 11) is 0. The first-order chi connectivity index (χ1) is 8.61. The van der Waals surface area contributed by atoms with Gasteiger partial charge in [-0.05, 0) is 30.7 Å². The van der Waals surface area contributed by atoms with Gasteiger partial charge >= 0.3 is 5.97 Å². The number of aromatic nitrogens is 2. The molecular weight excluding hydrogens is 235 g/mol. The van der Waals surface area contributed by atoms with Crippen LogP contribution in [0.4, 0.5) is 4.39 Å². The lowest BCUT2D eigenvalue weighted by Crippen LogP contribution is -2.06. The van der Waals surface area contributed by atoms with Crippen molar-refractivity contribution in [2.45, 2.75) is 13.3 Å². The van der Waals surface area contributed by atoms with Gasteiger partial charge in [0.15, 0.2) is 5.82 Å². The Kier molecular flexibility index (Phi) is 3.32. The minimum Gasteiger partial charge on any atom is -0.478 e. The third-order valence-corrected chi connectivity index (χ3v) is 2.54. The van der Waals surface area contributed by atoms with E-state index in [1.807, 2.05) is 6.92 Å². The van der Waals surface area contributed by atoms with Crippen LogP contribution in [0.25, 0.3) is 11.4 Å². The molecule has 0 fully saturated rings. The molecule has 0 aliphatic carbocycles. The molecular formula is C13H11FN2O2. The van der Waals surface area contributed by atoms with Crippen LogP contribution < -0.4 is 0 Å². The summed E-state index contributed by atoms with van der Waals surface area (Å²) in [5.74, 6) is -0.981. The molecule has 0 bridgehead atoms. The molecule has 2 rings (SSSR count). The van der Waals surface area contributed by atoms with Crippen LogP contribution in [-0.4, -0.2) is 21.0 Å². The smallest absolute Gasteiger partial charge is 0.339 e. The Labute approximate surface area is 103 Å². The topological polar surface area (TPSA) is 63.1 Å². The third kappa shape index (κ3) is 2.34. The van der Waals surface area contributed by atoms with Crippen molar-refractivity contribution in [3.8, 4) is 11.4 Å². The number of hydrogen-bond acceptors (Lipinski definition) is 3. The fraction of sp³-hybridized carbons (Fsp3) is 0.154. The van der Waals surface area contributed by atoms with Gasteiger partial charge in [-0.15, -0.1) is 0 Å². The summed E-state index contributed by atoms with van der Waals surface area (Å²) in [4.78, 5) is 19.1. The number of benzene rings is 1. The molecule has 5 heteroatoms. The number of hydrogen-bond donors (Lipinski definition) is 1. The molecule has 2 aromatic rings. The largest absolute Gasteiger partial charge is 0.478 e. The lowest BCUT2D eigenvalue weighted by atomic mass is 10.1. The molecule has 1 aromatic carbocycles. The maximum atomic E-state index is 12.8. The number of carboxylic acid groups (broad SMARTS) is 1. The maximum Gasteiger partial charge on any atom is 0.339 e. The molecule has 0 aliphatic rings. The fourth-order valence-electron chi connectivity index (χ4n) is 1.60. The zero-order valence-electron chi connectivity index (χ0n) is 9.72. The summed E-state index contributed by atoms with van der Waals surface area (Å²) in [5.41, 5.74) is 1.23. The number of carboxylic acids is 1. The van der Waals surface area contributed by atoms with Gasteiger partial charge in [0.05, 0.1) is 11.3 Å². The average molecular weight is 246 g/mol. The van der Waals surface area contributed by atoms with Gasteiger partial charge in [0, 0.05) is 11.8 Å². The highest BCUT2D eigenvalue weighted by Gasteiger charge is 2.12. The van der Waals surface area contributed by atoms with E-state index in [1.54, 1.807) is 12.1 Å². The van der Waals surface area contributed by atoms with Crippen molar-refractivity contribution in [1.82, 2.24) is 9.97 Å². The van der Waals surface area contributed by atoms with Gasteiger partial charge < -0.3 is 5.11 Å². The monoisotopic (exact) mass is 246 g/mol. The number of rotatable bonds is 3. The molecule has 0 amide bonds. The van der Waals surface area contributed by atoms with Crippen LogP contribution in [0.2, 0.25) is 0 Å². The quantitative estimate of drug-likeness (QED) is 0.903. The minimum atomic E-state index is -1.04. The molecule has 92 valence electrons. The summed E-state index contributed by atoms with van der Waals surface area (Å²) in [6.45, 7) is 1.82. The number of carbonyl (C=O) groups is 1. The summed E-state index contributed by atoms with van der Waals surface area (Å²) < 4.78 is 12.8. The van der Waals surface area contributed by atoms with E-state index >= 15 is 0 Å². The van der Waals surface area contributed by atoms with Crippen molar-refractivity contribution in [1.29, 1.82) is 0 Å². The van der Waals surface area contributed by atoms with E-state index < -0.39 is 5.97 Å². The van der Waals surface area contributed by atoms with Crippen LogP contribution in [0.15, 0.2) is 30.5 Å². The maximum absolute atomic E-state index is 12.8. The Balaban J connectivity index is 2.47. The van der Waals surface area contributed by atoms with Crippen LogP contribution in [0.1, 0.15) is 23.0 Å². The number of aryl methyl sites for hydroxylation is 1. The van der Waals surface area contributed by atoms with Crippen molar-refractivity contribution in [2.24, 2.45) is 0 Å². The van der Waals surface area contributed by atoms with Crippen LogP contribution >= 0.6 is 0 Å². The first-order valence-electron chi connectivity index (χ1n) is 5.47. The minimum absolute atomic E-state index is 0.100. The zero-order chi connectivity index (χ0) is 13.1. The highest BCUT2D eigenvalue weighted by molar-refractivity contribution is 5.88. The van der Waals surface area contributed by atoms with Crippen LogP contribution in [0.5, 0.6) is 0 Å². The van der Waals surface area contributed by atoms with Crippen molar-refractivity contribution in [2.75, 3.05) is 0 Å². The lowest BCUT2D eigenvalue weighted by Gasteiger charge is -2.05. The predicted octanol–water partition coefficient (Wildman–Crippen LogP) is 2.54. The molecule has 0 radical (unpaired) electrons. The van der Waals surface area contributed by atoms with E-state index in [9.17, 15) is 9.18 Å². The summed E-state index contributed by atoms with van der Waals surface area (Å²) in [6, 6.07) is 5.75. The first kappa shape index (κ1) is 12.2. The summed E-state index contributed by atoms with van der Waals surface area (Å²) >= 11 is 0. The summed E-state index contributed by atoms with van der Waals surface area (Å²) in [6.07, 6.45) is 1.78. The normalized spacial score (nSPS) is 10.3. The van der Waals surface area contributed by atoms with Gasteiger partial charge in [0.25, 0.3) is 0 Å². The Morgan fingerprint density at radius 2 is 2.00 bits per heavy atom. The average Bonchev–Trinajstić information content (AvgIpc) is 2.38. The molecule has 1 heterocycles. The highest BCUT2D eigenvalue weighted by Crippen LogP contribution is 2.17. The van der Waals surface area contributed by atoms with E-state index in [-0.39, 0.29) is 11.4 Å². The van der Waals surface area contributed by atoms with E-state index in [0.29, 0.717) is 23.5 Å². The van der Waals surface area contributed by atoms with Gasteiger partial charge in [0.2, 0.25) is 0 Å². The van der Waals surface area contributed by atoms with E-state index in [2.05, 4.69) is 9.97 Å². The van der Waals surface area contributed by atoms with E-state index in [0.717, 1.165) is 0 Å². The Bertz CT molecular complexity index is 582. The molecule has 0 atom stereocenters. The van der Waals surface area contributed by atoms with Crippen LogP contribution in [0, 0.1) is 5.82 Å². The number of halogens is 1. The van der Waals surface area contributed by atoms with Gasteiger partial charge in [-0.1, -0.05) is 6.92 Å². The van der Waals surface area contributed by atoms with E-state index in [1.165, 1.54) is 18.3 Å². The zero-order valence-corrected chi connectivity index (χ0v) is 9.72. The standard InChI is InChI=1S/C13H11FN2O2/c1-2-11-10(13(17)18)7-15-12(16-11)8-3-5-9(14)6-4-8/h3-7H,2H2,1H3,(H,17,18). The summed E-state index contributed by atoms with van der Waals surface area (Å²) in [5, 5.41) is 8.97. The van der Waals surface area contributed by atoms with Gasteiger partial charge in [-0.3, -0.25) is 0 Å². The van der Waals surface area contributed by atoms with Crippen molar-refractivity contribution in [3.63, 3.8) is 0 Å². The molecule has 4 nitrogen and oxygen atoms in total. The second kappa shape index (κ2) is 4.91. The number of aromatic carboxylic acids is 1. The second-order valence-corrected chi connectivity index (χ2v) is 3.72. The Morgan fingerprint density at radius 3 is 2.56 bits per heavy atom. The lowest BCUT2D eigenvalue weighted by molar-refractivity contribution is 0.0694. The molecule has 0 spiro atoms.